The Balaban J connectivity index is 1.37. The van der Waals surface area contributed by atoms with E-state index < -0.39 is 33.3 Å². The monoisotopic (exact) mass is 768 g/mol. The number of hydrogen-bond donors (Lipinski definition) is 1. The third kappa shape index (κ3) is 8.35. The maximum absolute atomic E-state index is 13.5. The van der Waals surface area contributed by atoms with Crippen LogP contribution in [0.15, 0.2) is 77.3 Å². The molecule has 1 saturated carbocycles. The number of amides is 1. The Morgan fingerprint density at radius 1 is 1.02 bits per heavy atom. The summed E-state index contributed by atoms with van der Waals surface area (Å²) >= 11 is 9.78. The molecule has 2 aliphatic heterocycles. The molecule has 11 heteroatoms. The summed E-state index contributed by atoms with van der Waals surface area (Å²) in [5, 5.41) is -0.155. The van der Waals surface area contributed by atoms with Gasteiger partial charge in [0.05, 0.1) is 16.5 Å². The van der Waals surface area contributed by atoms with Gasteiger partial charge in [-0.05, 0) is 129 Å². The Bertz CT molecular complexity index is 1830. The molecule has 1 amide bonds. The molecule has 260 valence electrons. The standard InChI is InChI=1S/C38H42BrClN2O6S/c1-24-6-5-8-35(48-38(44)26-9-14-31(39)15-10-26)33-17-12-29(33)22-42-19-4-3-7-27-20-32(40)16-11-30(27)23-47-36-18-13-28(21-34(36)42)37(43)41-49(45,46)25(24)2/h5,8-11,13-16,18,20-21,24-25,29,33,35H,3-4,6-7,12,17,19,22-23H2,1-2H3,(H,41,43)/b8-5+/t24?,25?,29?,33?,35-/m0/s1. The first-order chi connectivity index (χ1) is 23.5. The van der Waals surface area contributed by atoms with Crippen molar-refractivity contribution in [2.45, 2.75) is 70.3 Å². The molecule has 3 aliphatic rings. The van der Waals surface area contributed by atoms with Crippen LogP contribution in [0.5, 0.6) is 5.75 Å². The van der Waals surface area contributed by atoms with Crippen molar-refractivity contribution in [2.75, 3.05) is 18.0 Å². The second kappa shape index (κ2) is 15.3. The van der Waals surface area contributed by atoms with E-state index in [2.05, 4.69) is 25.6 Å². The number of aryl methyl sites for hydroxylation is 1. The van der Waals surface area contributed by atoms with Gasteiger partial charge in [-0.1, -0.05) is 46.6 Å². The van der Waals surface area contributed by atoms with Crippen molar-refractivity contribution in [2.24, 2.45) is 17.8 Å². The highest BCUT2D eigenvalue weighted by Gasteiger charge is 2.40. The summed E-state index contributed by atoms with van der Waals surface area (Å²) in [4.78, 5) is 29.1. The van der Waals surface area contributed by atoms with Crippen molar-refractivity contribution >= 4 is 55.1 Å². The number of carbonyl (C=O) groups excluding carboxylic acids is 2. The van der Waals surface area contributed by atoms with Crippen LogP contribution >= 0.6 is 27.5 Å². The molecule has 2 bridgehead atoms. The van der Waals surface area contributed by atoms with E-state index >= 15 is 0 Å². The van der Waals surface area contributed by atoms with Crippen molar-refractivity contribution in [1.82, 2.24) is 4.72 Å². The lowest BCUT2D eigenvalue weighted by atomic mass is 9.70. The lowest BCUT2D eigenvalue weighted by molar-refractivity contribution is -0.00193. The molecule has 1 aliphatic carbocycles. The van der Waals surface area contributed by atoms with Crippen molar-refractivity contribution in [1.29, 1.82) is 0 Å². The van der Waals surface area contributed by atoms with Crippen molar-refractivity contribution in [3.63, 3.8) is 0 Å². The van der Waals surface area contributed by atoms with Crippen molar-refractivity contribution < 1.29 is 27.5 Å². The van der Waals surface area contributed by atoms with E-state index in [1.165, 1.54) is 0 Å². The van der Waals surface area contributed by atoms with E-state index in [1.54, 1.807) is 37.3 Å². The number of anilines is 1. The molecule has 6 rings (SSSR count). The number of fused-ring (bicyclic) bond motifs is 3. The van der Waals surface area contributed by atoms with Gasteiger partial charge in [0.25, 0.3) is 5.91 Å². The second-order valence-electron chi connectivity index (χ2n) is 13.5. The lowest BCUT2D eigenvalue weighted by Crippen LogP contribution is -2.45. The zero-order valence-corrected chi connectivity index (χ0v) is 30.9. The molecule has 0 spiro atoms. The molecule has 3 aromatic carbocycles. The normalized spacial score (nSPS) is 26.3. The molecule has 49 heavy (non-hydrogen) atoms. The quantitative estimate of drug-likeness (QED) is 0.208. The Labute approximate surface area is 302 Å². The molecular formula is C38H42BrClN2O6S. The van der Waals surface area contributed by atoms with E-state index in [0.717, 1.165) is 53.4 Å². The number of esters is 1. The van der Waals surface area contributed by atoms with E-state index in [1.807, 2.05) is 49.4 Å². The summed E-state index contributed by atoms with van der Waals surface area (Å²) in [6.45, 7) is 5.15. The SMILES string of the molecule is CC1C/C=C/[C@H](OC(=O)c2ccc(Br)cc2)C2CCC2CN2CCCCc3cc(Cl)ccc3COc3ccc(cc32)C(=O)NS(=O)(=O)C1C. The zero-order chi connectivity index (χ0) is 34.7. The van der Waals surface area contributed by atoms with Gasteiger partial charge in [-0.15, -0.1) is 0 Å². The summed E-state index contributed by atoms with van der Waals surface area (Å²) in [6.07, 6.45) is 8.33. The summed E-state index contributed by atoms with van der Waals surface area (Å²) in [6, 6.07) is 18.1. The highest BCUT2D eigenvalue weighted by Crippen LogP contribution is 2.42. The summed E-state index contributed by atoms with van der Waals surface area (Å²) < 4.78 is 42.6. The fourth-order valence-electron chi connectivity index (χ4n) is 6.87. The number of carbonyl (C=O) groups is 2. The summed E-state index contributed by atoms with van der Waals surface area (Å²) in [5.41, 5.74) is 3.66. The largest absolute Gasteiger partial charge is 0.487 e. The number of rotatable bonds is 2. The van der Waals surface area contributed by atoms with Gasteiger partial charge in [0.1, 0.15) is 18.5 Å². The topological polar surface area (TPSA) is 102 Å². The van der Waals surface area contributed by atoms with Crippen molar-refractivity contribution in [3.05, 3.63) is 105 Å². The minimum Gasteiger partial charge on any atom is -0.487 e. The summed E-state index contributed by atoms with van der Waals surface area (Å²) in [7, 11) is -3.99. The maximum atomic E-state index is 13.5. The van der Waals surface area contributed by atoms with Crippen LogP contribution in [-0.4, -0.2) is 44.7 Å². The molecule has 1 fully saturated rings. The van der Waals surface area contributed by atoms with Gasteiger partial charge in [0, 0.05) is 34.1 Å². The average Bonchev–Trinajstić information content (AvgIpc) is 3.09. The molecule has 8 nitrogen and oxygen atoms in total. The smallest absolute Gasteiger partial charge is 0.338 e. The van der Waals surface area contributed by atoms with Gasteiger partial charge in [0.2, 0.25) is 10.0 Å². The van der Waals surface area contributed by atoms with Gasteiger partial charge in [-0.3, -0.25) is 4.79 Å². The minimum absolute atomic E-state index is 0.0699. The van der Waals surface area contributed by atoms with Gasteiger partial charge in [0.15, 0.2) is 0 Å². The molecule has 0 saturated heterocycles. The Morgan fingerprint density at radius 2 is 1.82 bits per heavy atom. The molecule has 1 N–H and O–H groups in total. The average molecular weight is 770 g/mol. The number of halogens is 2. The molecule has 4 unspecified atom stereocenters. The number of nitrogens with zero attached hydrogens (tertiary/aromatic N) is 1. The summed E-state index contributed by atoms with van der Waals surface area (Å²) in [5.74, 6) is -0.473. The number of nitrogens with one attached hydrogen (secondary N) is 1. The first-order valence-corrected chi connectivity index (χ1v) is 19.7. The minimum atomic E-state index is -3.99. The molecule has 0 radical (unpaired) electrons. The highest BCUT2D eigenvalue weighted by molar-refractivity contribution is 9.10. The Hall–Kier alpha value is -3.34. The van der Waals surface area contributed by atoms with Gasteiger partial charge in [-0.25, -0.2) is 17.9 Å². The van der Waals surface area contributed by atoms with E-state index in [-0.39, 0.29) is 23.3 Å². The molecule has 0 aromatic heterocycles. The van der Waals surface area contributed by atoms with Crippen molar-refractivity contribution in [3.8, 4) is 5.75 Å². The molecule has 3 aromatic rings. The van der Waals surface area contributed by atoms with Crippen LogP contribution in [0.3, 0.4) is 0 Å². The molecular weight excluding hydrogens is 728 g/mol. The van der Waals surface area contributed by atoms with Crippen LogP contribution in [0.4, 0.5) is 5.69 Å². The van der Waals surface area contributed by atoms with E-state index in [9.17, 15) is 18.0 Å². The van der Waals surface area contributed by atoms with Crippen LogP contribution < -0.4 is 14.4 Å². The number of ether oxygens (including phenoxy) is 2. The van der Waals surface area contributed by atoms with Crippen LogP contribution in [0.25, 0.3) is 0 Å². The molecule has 5 atom stereocenters. The van der Waals surface area contributed by atoms with Crippen LogP contribution in [0, 0.1) is 17.8 Å². The number of sulfonamides is 1. The third-order valence-corrected chi connectivity index (χ3v) is 13.0. The first kappa shape index (κ1) is 35.5. The predicted octanol–water partition coefficient (Wildman–Crippen LogP) is 8.12. The third-order valence-electron chi connectivity index (χ3n) is 10.3. The fraction of sp³-hybridized carbons (Fsp3) is 0.421. The first-order valence-electron chi connectivity index (χ1n) is 17.0. The van der Waals surface area contributed by atoms with E-state index in [0.29, 0.717) is 42.5 Å². The van der Waals surface area contributed by atoms with Gasteiger partial charge < -0.3 is 14.4 Å². The number of hydrogen-bond acceptors (Lipinski definition) is 7. The van der Waals surface area contributed by atoms with Crippen LogP contribution in [0.1, 0.15) is 77.8 Å². The predicted molar refractivity (Wildman–Crippen MR) is 196 cm³/mol. The Morgan fingerprint density at radius 3 is 2.57 bits per heavy atom. The lowest BCUT2D eigenvalue weighted by Gasteiger charge is -2.43. The number of benzene rings is 3. The number of allylic oxidation sites excluding steroid dienone is 1. The van der Waals surface area contributed by atoms with Crippen LogP contribution in [-0.2, 0) is 27.8 Å². The fourth-order valence-corrected chi connectivity index (χ4v) is 8.61. The Kier molecular flexibility index (Phi) is 11.1. The highest BCUT2D eigenvalue weighted by atomic mass is 79.9. The van der Waals surface area contributed by atoms with Gasteiger partial charge in [-0.2, -0.15) is 0 Å². The van der Waals surface area contributed by atoms with E-state index in [4.69, 9.17) is 21.1 Å². The second-order valence-corrected chi connectivity index (χ2v) is 16.9. The van der Waals surface area contributed by atoms with Gasteiger partial charge >= 0.3 is 5.97 Å². The molecule has 2 heterocycles. The maximum Gasteiger partial charge on any atom is 0.338 e. The van der Waals surface area contributed by atoms with Crippen LogP contribution in [0.2, 0.25) is 5.02 Å². The zero-order valence-electron chi connectivity index (χ0n) is 27.7.